The third-order valence-electron chi connectivity index (χ3n) is 2.67. The lowest BCUT2D eigenvalue weighted by Gasteiger charge is -2.09. The first-order valence-electron chi connectivity index (χ1n) is 5.75. The lowest BCUT2D eigenvalue weighted by atomic mass is 10.2. The Bertz CT molecular complexity index is 763. The number of nitrogens with zero attached hydrogens (tertiary/aromatic N) is 3. The maximum Gasteiger partial charge on any atom is 0.273 e. The Kier molecular flexibility index (Phi) is 5.20. The van der Waals surface area contributed by atoms with E-state index < -0.39 is 10.0 Å². The molecule has 0 spiro atoms. The Balaban J connectivity index is 2.57. The monoisotopic (exact) mass is 442 g/mol. The first-order chi connectivity index (χ1) is 9.84. The van der Waals surface area contributed by atoms with Crippen LogP contribution in [0.15, 0.2) is 23.4 Å². The summed E-state index contributed by atoms with van der Waals surface area (Å²) >= 11 is 8.18. The van der Waals surface area contributed by atoms with Crippen LogP contribution >= 0.6 is 34.2 Å². The average Bonchev–Trinajstić information content (AvgIpc) is 2.83. The molecule has 0 aliphatic heterocycles. The highest BCUT2D eigenvalue weighted by Gasteiger charge is 2.22. The standard InChI is InChI=1S/C11H12ClIN4O3S/c1-20-5-4-17-10(15-16-11(17)21(14,18)19)7-2-3-9(13)8(12)6-7/h2-3,6H,4-5H2,1H3,(H2,14,18,19). The third-order valence-corrected chi connectivity index (χ3v) is 5.05. The van der Waals surface area contributed by atoms with Crippen molar-refractivity contribution in [1.82, 2.24) is 14.8 Å². The van der Waals surface area contributed by atoms with Crippen LogP contribution in [0.5, 0.6) is 0 Å². The molecule has 0 radical (unpaired) electrons. The predicted molar refractivity (Wildman–Crippen MR) is 86.4 cm³/mol. The van der Waals surface area contributed by atoms with Crippen molar-refractivity contribution in [2.24, 2.45) is 5.14 Å². The second-order valence-corrected chi connectivity index (χ2v) is 7.15. The van der Waals surface area contributed by atoms with Crippen LogP contribution in [0, 0.1) is 3.57 Å². The van der Waals surface area contributed by atoms with E-state index in [1.165, 1.54) is 11.7 Å². The van der Waals surface area contributed by atoms with Gasteiger partial charge in [-0.3, -0.25) is 4.57 Å². The molecule has 1 aromatic heterocycles. The molecule has 0 aliphatic carbocycles. The van der Waals surface area contributed by atoms with Crippen molar-refractivity contribution in [1.29, 1.82) is 0 Å². The topological polar surface area (TPSA) is 100 Å². The molecule has 114 valence electrons. The van der Waals surface area contributed by atoms with E-state index in [1.807, 2.05) is 6.07 Å². The van der Waals surface area contributed by atoms with E-state index in [0.717, 1.165) is 3.57 Å². The van der Waals surface area contributed by atoms with Crippen LogP contribution in [-0.4, -0.2) is 36.9 Å². The van der Waals surface area contributed by atoms with Crippen LogP contribution in [-0.2, 0) is 21.3 Å². The molecule has 0 aliphatic rings. The fourth-order valence-electron chi connectivity index (χ4n) is 1.73. The Morgan fingerprint density at radius 3 is 2.71 bits per heavy atom. The van der Waals surface area contributed by atoms with E-state index in [-0.39, 0.29) is 11.7 Å². The Morgan fingerprint density at radius 1 is 1.43 bits per heavy atom. The van der Waals surface area contributed by atoms with Gasteiger partial charge in [-0.05, 0) is 34.7 Å². The SMILES string of the molecule is COCCn1c(-c2ccc(I)c(Cl)c2)nnc1S(N)(=O)=O. The Morgan fingerprint density at radius 2 is 2.14 bits per heavy atom. The van der Waals surface area contributed by atoms with Crippen LogP contribution in [0.25, 0.3) is 11.4 Å². The van der Waals surface area contributed by atoms with Crippen LogP contribution in [0.3, 0.4) is 0 Å². The van der Waals surface area contributed by atoms with Gasteiger partial charge in [0.15, 0.2) is 5.82 Å². The van der Waals surface area contributed by atoms with Gasteiger partial charge in [0.05, 0.1) is 18.2 Å². The summed E-state index contributed by atoms with van der Waals surface area (Å²) in [7, 11) is -2.45. The number of primary sulfonamides is 1. The highest BCUT2D eigenvalue weighted by molar-refractivity contribution is 14.1. The molecule has 0 fully saturated rings. The molecule has 1 aromatic carbocycles. The molecule has 10 heteroatoms. The van der Waals surface area contributed by atoms with Gasteiger partial charge in [0.2, 0.25) is 0 Å². The zero-order chi connectivity index (χ0) is 15.6. The van der Waals surface area contributed by atoms with Gasteiger partial charge in [-0.15, -0.1) is 10.2 Å². The second kappa shape index (κ2) is 6.57. The summed E-state index contributed by atoms with van der Waals surface area (Å²) in [6.45, 7) is 0.555. The van der Waals surface area contributed by atoms with Crippen molar-refractivity contribution in [3.8, 4) is 11.4 Å². The van der Waals surface area contributed by atoms with Gasteiger partial charge in [-0.1, -0.05) is 17.7 Å². The van der Waals surface area contributed by atoms with Gasteiger partial charge in [0, 0.05) is 16.2 Å². The molecule has 0 saturated carbocycles. The van der Waals surface area contributed by atoms with Crippen molar-refractivity contribution in [2.45, 2.75) is 11.7 Å². The molecule has 2 rings (SSSR count). The van der Waals surface area contributed by atoms with Crippen LogP contribution in [0.2, 0.25) is 5.02 Å². The molecular weight excluding hydrogens is 431 g/mol. The first-order valence-corrected chi connectivity index (χ1v) is 8.75. The molecule has 0 unspecified atom stereocenters. The van der Waals surface area contributed by atoms with Crippen molar-refractivity contribution in [3.05, 3.63) is 26.8 Å². The molecule has 21 heavy (non-hydrogen) atoms. The lowest BCUT2D eigenvalue weighted by molar-refractivity contribution is 0.185. The zero-order valence-corrected chi connectivity index (χ0v) is 14.7. The quantitative estimate of drug-likeness (QED) is 0.707. The largest absolute Gasteiger partial charge is 0.383 e. The number of rotatable bonds is 5. The first kappa shape index (κ1) is 16.6. The van der Waals surface area contributed by atoms with Crippen molar-refractivity contribution in [2.75, 3.05) is 13.7 Å². The minimum absolute atomic E-state index is 0.258. The number of halogens is 2. The van der Waals surface area contributed by atoms with Crippen molar-refractivity contribution < 1.29 is 13.2 Å². The molecule has 0 amide bonds. The maximum absolute atomic E-state index is 11.6. The number of hydrogen-bond acceptors (Lipinski definition) is 5. The van der Waals surface area contributed by atoms with E-state index in [2.05, 4.69) is 32.8 Å². The van der Waals surface area contributed by atoms with E-state index in [4.69, 9.17) is 21.5 Å². The smallest absolute Gasteiger partial charge is 0.273 e. The van der Waals surface area contributed by atoms with Crippen LogP contribution in [0.4, 0.5) is 0 Å². The molecule has 0 atom stereocenters. The fraction of sp³-hybridized carbons (Fsp3) is 0.273. The number of hydrogen-bond donors (Lipinski definition) is 1. The number of ether oxygens (including phenoxy) is 1. The maximum atomic E-state index is 11.6. The van der Waals surface area contributed by atoms with Gasteiger partial charge in [-0.25, -0.2) is 13.6 Å². The molecular formula is C11H12ClIN4O3S. The minimum Gasteiger partial charge on any atom is -0.383 e. The summed E-state index contributed by atoms with van der Waals surface area (Å²) in [5.74, 6) is 0.370. The van der Waals surface area contributed by atoms with Gasteiger partial charge in [0.1, 0.15) is 0 Å². The highest BCUT2D eigenvalue weighted by atomic mass is 127. The van der Waals surface area contributed by atoms with E-state index >= 15 is 0 Å². The van der Waals surface area contributed by atoms with Crippen molar-refractivity contribution in [3.63, 3.8) is 0 Å². The lowest BCUT2D eigenvalue weighted by Crippen LogP contribution is -2.20. The molecule has 2 aromatic rings. The molecule has 0 saturated heterocycles. The van der Waals surface area contributed by atoms with Gasteiger partial charge < -0.3 is 4.74 Å². The number of aromatic nitrogens is 3. The minimum atomic E-state index is -3.97. The van der Waals surface area contributed by atoms with Gasteiger partial charge >= 0.3 is 0 Å². The van der Waals surface area contributed by atoms with Gasteiger partial charge in [0.25, 0.3) is 15.2 Å². The van der Waals surface area contributed by atoms with Crippen molar-refractivity contribution >= 4 is 44.2 Å². The summed E-state index contributed by atoms with van der Waals surface area (Å²) < 4.78 is 30.4. The summed E-state index contributed by atoms with van der Waals surface area (Å²) in [6.07, 6.45) is 0. The number of methoxy groups -OCH3 is 1. The third kappa shape index (κ3) is 3.72. The molecule has 0 bridgehead atoms. The average molecular weight is 443 g/mol. The second-order valence-electron chi connectivity index (χ2n) is 4.12. The fourth-order valence-corrected chi connectivity index (χ4v) is 2.89. The van der Waals surface area contributed by atoms with Gasteiger partial charge in [-0.2, -0.15) is 0 Å². The summed E-state index contributed by atoms with van der Waals surface area (Å²) in [4.78, 5) is 0. The van der Waals surface area contributed by atoms with E-state index in [0.29, 0.717) is 23.0 Å². The Labute approximate surface area is 140 Å². The Hall–Kier alpha value is -0.750. The van der Waals surface area contributed by atoms with E-state index in [1.54, 1.807) is 12.1 Å². The van der Waals surface area contributed by atoms with Crippen LogP contribution in [0.1, 0.15) is 0 Å². The normalized spacial score (nSPS) is 11.8. The number of sulfonamides is 1. The summed E-state index contributed by atoms with van der Waals surface area (Å²) in [5, 5.41) is 13.0. The zero-order valence-electron chi connectivity index (χ0n) is 11.0. The highest BCUT2D eigenvalue weighted by Crippen LogP contribution is 2.26. The molecule has 2 N–H and O–H groups in total. The summed E-state index contributed by atoms with van der Waals surface area (Å²) in [5.41, 5.74) is 0.652. The predicted octanol–water partition coefficient (Wildman–Crippen LogP) is 1.50. The van der Waals surface area contributed by atoms with E-state index in [9.17, 15) is 8.42 Å². The summed E-state index contributed by atoms with van der Waals surface area (Å²) in [6, 6.07) is 5.29. The number of nitrogens with two attached hydrogens (primary N) is 1. The molecule has 7 nitrogen and oxygen atoms in total. The number of benzene rings is 1. The molecule has 1 heterocycles. The van der Waals surface area contributed by atoms with Crippen LogP contribution < -0.4 is 5.14 Å².